The Morgan fingerprint density at radius 2 is 1.95 bits per heavy atom. The molecule has 3 N–H and O–H groups in total. The molecule has 0 fully saturated rings. The molecule has 0 radical (unpaired) electrons. The number of hydrazine groups is 1. The summed E-state index contributed by atoms with van der Waals surface area (Å²) in [5, 5.41) is 4.41. The molecule has 0 saturated carbocycles. The molecule has 20 heavy (non-hydrogen) atoms. The number of nitrogens with zero attached hydrogens (tertiary/aromatic N) is 2. The van der Waals surface area contributed by atoms with Gasteiger partial charge in [0.25, 0.3) is 0 Å². The Morgan fingerprint density at radius 1 is 1.20 bits per heavy atom. The van der Waals surface area contributed by atoms with E-state index < -0.39 is 0 Å². The molecule has 0 spiro atoms. The SMILES string of the molecule is CC(C)CSCC(NN)c1ccnn1-c1ccccc1. The van der Waals surface area contributed by atoms with Gasteiger partial charge in [0, 0.05) is 11.9 Å². The van der Waals surface area contributed by atoms with Gasteiger partial charge in [-0.25, -0.2) is 4.68 Å². The van der Waals surface area contributed by atoms with Crippen molar-refractivity contribution in [2.24, 2.45) is 11.8 Å². The average Bonchev–Trinajstić information content (AvgIpc) is 2.93. The van der Waals surface area contributed by atoms with Crippen molar-refractivity contribution in [3.8, 4) is 5.69 Å². The van der Waals surface area contributed by atoms with E-state index in [1.165, 1.54) is 0 Å². The molecular formula is C15H22N4S. The standard InChI is InChI=1S/C15H22N4S/c1-12(2)10-20-11-14(18-16)15-8-9-17-19(15)13-6-4-3-5-7-13/h3-9,12,14,18H,10-11,16H2,1-2H3. The van der Waals surface area contributed by atoms with E-state index in [1.54, 1.807) is 0 Å². The first kappa shape index (κ1) is 15.1. The summed E-state index contributed by atoms with van der Waals surface area (Å²) in [4.78, 5) is 0. The van der Waals surface area contributed by atoms with Crippen molar-refractivity contribution in [1.82, 2.24) is 15.2 Å². The second-order valence-electron chi connectivity index (χ2n) is 5.15. The molecule has 1 aromatic carbocycles. The maximum absolute atomic E-state index is 5.72. The number of nitrogens with two attached hydrogens (primary N) is 1. The molecule has 1 heterocycles. The van der Waals surface area contributed by atoms with Gasteiger partial charge in [-0.05, 0) is 29.9 Å². The van der Waals surface area contributed by atoms with Crippen LogP contribution in [0.2, 0.25) is 0 Å². The number of hydrogen-bond acceptors (Lipinski definition) is 4. The smallest absolute Gasteiger partial charge is 0.0723 e. The third-order valence-electron chi connectivity index (χ3n) is 2.97. The molecule has 4 nitrogen and oxygen atoms in total. The maximum atomic E-state index is 5.72. The largest absolute Gasteiger partial charge is 0.271 e. The van der Waals surface area contributed by atoms with E-state index in [9.17, 15) is 0 Å². The Labute approximate surface area is 124 Å². The fourth-order valence-corrected chi connectivity index (χ4v) is 3.11. The van der Waals surface area contributed by atoms with Crippen molar-refractivity contribution >= 4 is 11.8 Å². The third-order valence-corrected chi connectivity index (χ3v) is 4.44. The van der Waals surface area contributed by atoms with E-state index >= 15 is 0 Å². The fraction of sp³-hybridized carbons (Fsp3) is 0.400. The number of para-hydroxylation sites is 1. The molecule has 0 amide bonds. The zero-order valence-corrected chi connectivity index (χ0v) is 12.8. The van der Waals surface area contributed by atoms with Gasteiger partial charge in [0.15, 0.2) is 0 Å². The Bertz CT molecular complexity index is 510. The molecule has 1 unspecified atom stereocenters. The first-order valence-corrected chi connectivity index (χ1v) is 8.01. The number of rotatable bonds is 7. The first-order chi connectivity index (χ1) is 9.72. The monoisotopic (exact) mass is 290 g/mol. The summed E-state index contributed by atoms with van der Waals surface area (Å²) in [6.45, 7) is 4.46. The van der Waals surface area contributed by atoms with E-state index in [4.69, 9.17) is 5.84 Å². The van der Waals surface area contributed by atoms with Crippen LogP contribution in [0.4, 0.5) is 0 Å². The van der Waals surface area contributed by atoms with Gasteiger partial charge < -0.3 is 0 Å². The number of nitrogens with one attached hydrogen (secondary N) is 1. The van der Waals surface area contributed by atoms with Gasteiger partial charge in [-0.2, -0.15) is 16.9 Å². The minimum Gasteiger partial charge on any atom is -0.271 e. The lowest BCUT2D eigenvalue weighted by molar-refractivity contribution is 0.573. The van der Waals surface area contributed by atoms with Crippen LogP contribution in [0.25, 0.3) is 5.69 Å². The number of hydrogen-bond donors (Lipinski definition) is 2. The van der Waals surface area contributed by atoms with Crippen molar-refractivity contribution in [3.63, 3.8) is 0 Å². The Morgan fingerprint density at radius 3 is 2.60 bits per heavy atom. The number of thioether (sulfide) groups is 1. The second-order valence-corrected chi connectivity index (χ2v) is 6.23. The van der Waals surface area contributed by atoms with Crippen molar-refractivity contribution in [1.29, 1.82) is 0 Å². The zero-order valence-electron chi connectivity index (χ0n) is 12.0. The minimum atomic E-state index is 0.0986. The van der Waals surface area contributed by atoms with E-state index in [2.05, 4.69) is 24.4 Å². The normalized spacial score (nSPS) is 12.8. The lowest BCUT2D eigenvalue weighted by Crippen LogP contribution is -2.31. The minimum absolute atomic E-state index is 0.0986. The van der Waals surface area contributed by atoms with E-state index in [0.717, 1.165) is 22.9 Å². The summed E-state index contributed by atoms with van der Waals surface area (Å²) in [5.41, 5.74) is 5.06. The first-order valence-electron chi connectivity index (χ1n) is 6.85. The van der Waals surface area contributed by atoms with Gasteiger partial charge in [-0.1, -0.05) is 32.0 Å². The van der Waals surface area contributed by atoms with Crippen molar-refractivity contribution in [2.45, 2.75) is 19.9 Å². The quantitative estimate of drug-likeness (QED) is 0.608. The Kier molecular flexibility index (Phi) is 5.64. The molecule has 0 aliphatic heterocycles. The summed E-state index contributed by atoms with van der Waals surface area (Å²) in [6.07, 6.45) is 1.82. The Balaban J connectivity index is 2.13. The molecule has 1 atom stereocenters. The molecule has 108 valence electrons. The maximum Gasteiger partial charge on any atom is 0.0723 e. The summed E-state index contributed by atoms with van der Waals surface area (Å²) < 4.78 is 1.94. The summed E-state index contributed by atoms with van der Waals surface area (Å²) >= 11 is 1.91. The molecule has 5 heteroatoms. The molecule has 2 rings (SSSR count). The van der Waals surface area contributed by atoms with Crippen LogP contribution >= 0.6 is 11.8 Å². The Hall–Kier alpha value is -1.30. The predicted molar refractivity (Wildman–Crippen MR) is 85.8 cm³/mol. The topological polar surface area (TPSA) is 55.9 Å². The molecule has 2 aromatic rings. The van der Waals surface area contributed by atoms with Gasteiger partial charge in [0.1, 0.15) is 0 Å². The van der Waals surface area contributed by atoms with E-state index in [-0.39, 0.29) is 6.04 Å². The highest BCUT2D eigenvalue weighted by molar-refractivity contribution is 7.99. The molecular weight excluding hydrogens is 268 g/mol. The van der Waals surface area contributed by atoms with Crippen LogP contribution in [0.5, 0.6) is 0 Å². The molecule has 0 bridgehead atoms. The zero-order chi connectivity index (χ0) is 14.4. The van der Waals surface area contributed by atoms with Gasteiger partial charge in [0.2, 0.25) is 0 Å². The molecule has 0 aliphatic carbocycles. The second kappa shape index (κ2) is 7.47. The summed E-state index contributed by atoms with van der Waals surface area (Å²) in [7, 11) is 0. The lowest BCUT2D eigenvalue weighted by atomic mass is 10.2. The molecule has 0 aliphatic rings. The van der Waals surface area contributed by atoms with Crippen LogP contribution in [-0.2, 0) is 0 Å². The number of benzene rings is 1. The van der Waals surface area contributed by atoms with Gasteiger partial charge in [-0.15, -0.1) is 0 Å². The fourth-order valence-electron chi connectivity index (χ4n) is 2.00. The van der Waals surface area contributed by atoms with E-state index in [1.807, 2.05) is 59.0 Å². The van der Waals surface area contributed by atoms with Crippen LogP contribution in [0, 0.1) is 5.92 Å². The highest BCUT2D eigenvalue weighted by Crippen LogP contribution is 2.21. The van der Waals surface area contributed by atoms with Crippen LogP contribution < -0.4 is 11.3 Å². The summed E-state index contributed by atoms with van der Waals surface area (Å²) in [6, 6.07) is 12.2. The van der Waals surface area contributed by atoms with Crippen molar-refractivity contribution < 1.29 is 0 Å². The van der Waals surface area contributed by atoms with Crippen molar-refractivity contribution in [3.05, 3.63) is 48.3 Å². The highest BCUT2D eigenvalue weighted by Gasteiger charge is 2.16. The predicted octanol–water partition coefficient (Wildman–Crippen LogP) is 2.77. The van der Waals surface area contributed by atoms with Crippen LogP contribution in [0.3, 0.4) is 0 Å². The third kappa shape index (κ3) is 3.85. The molecule has 0 saturated heterocycles. The highest BCUT2D eigenvalue weighted by atomic mass is 32.2. The van der Waals surface area contributed by atoms with Gasteiger partial charge in [-0.3, -0.25) is 11.3 Å². The van der Waals surface area contributed by atoms with E-state index in [0.29, 0.717) is 5.92 Å². The van der Waals surface area contributed by atoms with Gasteiger partial charge >= 0.3 is 0 Å². The molecule has 1 aromatic heterocycles. The average molecular weight is 290 g/mol. The van der Waals surface area contributed by atoms with Crippen LogP contribution in [-0.4, -0.2) is 21.3 Å². The summed E-state index contributed by atoms with van der Waals surface area (Å²) in [5.74, 6) is 8.49. The van der Waals surface area contributed by atoms with Crippen molar-refractivity contribution in [2.75, 3.05) is 11.5 Å². The van der Waals surface area contributed by atoms with Crippen LogP contribution in [0.1, 0.15) is 25.6 Å². The van der Waals surface area contributed by atoms with Crippen LogP contribution in [0.15, 0.2) is 42.6 Å². The lowest BCUT2D eigenvalue weighted by Gasteiger charge is -2.18. The van der Waals surface area contributed by atoms with Gasteiger partial charge in [0.05, 0.1) is 17.4 Å². The number of aromatic nitrogens is 2.